The Bertz CT molecular complexity index is 731. The van der Waals surface area contributed by atoms with Crippen molar-refractivity contribution in [2.45, 2.75) is 13.3 Å². The van der Waals surface area contributed by atoms with Gasteiger partial charge in [-0.1, -0.05) is 18.5 Å². The summed E-state index contributed by atoms with van der Waals surface area (Å²) in [5.74, 6) is 2.05. The summed E-state index contributed by atoms with van der Waals surface area (Å²) < 4.78 is 16.1. The quantitative estimate of drug-likeness (QED) is 0.283. The van der Waals surface area contributed by atoms with E-state index in [-0.39, 0.29) is 41.8 Å². The average molecular weight is 524 g/mol. The molecular formula is C19H27ClIN3O4. The lowest BCUT2D eigenvalue weighted by Gasteiger charge is -2.22. The van der Waals surface area contributed by atoms with Crippen molar-refractivity contribution in [3.05, 3.63) is 22.7 Å². The lowest BCUT2D eigenvalue weighted by molar-refractivity contribution is -0.145. The van der Waals surface area contributed by atoms with Gasteiger partial charge in [0.05, 0.1) is 18.1 Å². The highest BCUT2D eigenvalue weighted by molar-refractivity contribution is 14.0. The minimum absolute atomic E-state index is 0. The monoisotopic (exact) mass is 523 g/mol. The van der Waals surface area contributed by atoms with Crippen LogP contribution in [0, 0.1) is 11.8 Å². The van der Waals surface area contributed by atoms with Crippen LogP contribution in [0.1, 0.15) is 12.5 Å². The third-order valence-electron chi connectivity index (χ3n) is 4.98. The molecule has 7 nitrogen and oxygen atoms in total. The molecule has 1 aromatic carbocycles. The number of carbonyl (C=O) groups excluding carboxylic acids is 1. The molecule has 0 amide bonds. The van der Waals surface area contributed by atoms with Gasteiger partial charge in [-0.25, -0.2) is 0 Å². The van der Waals surface area contributed by atoms with Gasteiger partial charge in [0.1, 0.15) is 13.2 Å². The number of nitrogens with zero attached hydrogens (tertiary/aromatic N) is 2. The van der Waals surface area contributed by atoms with E-state index in [4.69, 9.17) is 25.8 Å². The number of guanidine groups is 1. The van der Waals surface area contributed by atoms with Gasteiger partial charge in [0.25, 0.3) is 0 Å². The fourth-order valence-electron chi connectivity index (χ4n) is 3.56. The standard InChI is InChI=1S/C19H26ClN3O4.HI/c1-12-10-23(11-14(12)18(24)25-3)19(21-2)22-5-4-13-8-15(20)17-16(9-13)26-6-7-27-17;/h8-9,12,14H,4-7,10-11H2,1-3H3,(H,21,22);1H. The first-order valence-electron chi connectivity index (χ1n) is 9.15. The Hall–Kier alpha value is -1.42. The van der Waals surface area contributed by atoms with Crippen LogP contribution >= 0.6 is 35.6 Å². The fourth-order valence-corrected chi connectivity index (χ4v) is 3.85. The first-order chi connectivity index (χ1) is 13.0. The van der Waals surface area contributed by atoms with Crippen LogP contribution in [0.3, 0.4) is 0 Å². The highest BCUT2D eigenvalue weighted by atomic mass is 127. The van der Waals surface area contributed by atoms with Crippen LogP contribution in [-0.4, -0.2) is 63.8 Å². The first-order valence-corrected chi connectivity index (χ1v) is 9.52. The number of hydrogen-bond donors (Lipinski definition) is 1. The Kier molecular flexibility index (Phi) is 8.48. The second kappa shape index (κ2) is 10.4. The Labute approximate surface area is 187 Å². The highest BCUT2D eigenvalue weighted by Gasteiger charge is 2.36. The third-order valence-corrected chi connectivity index (χ3v) is 5.26. The van der Waals surface area contributed by atoms with Crippen molar-refractivity contribution in [3.8, 4) is 11.5 Å². The molecule has 0 spiro atoms. The molecule has 0 radical (unpaired) electrons. The number of benzene rings is 1. The van der Waals surface area contributed by atoms with E-state index in [0.717, 1.165) is 24.5 Å². The molecule has 156 valence electrons. The van der Waals surface area contributed by atoms with E-state index in [1.165, 1.54) is 7.11 Å². The van der Waals surface area contributed by atoms with E-state index in [1.54, 1.807) is 7.05 Å². The molecule has 2 atom stereocenters. The zero-order valence-electron chi connectivity index (χ0n) is 16.4. The Morgan fingerprint density at radius 1 is 1.36 bits per heavy atom. The molecule has 0 aromatic heterocycles. The summed E-state index contributed by atoms with van der Waals surface area (Å²) in [6.45, 7) is 5.19. The predicted octanol–water partition coefficient (Wildman–Crippen LogP) is 2.59. The van der Waals surface area contributed by atoms with E-state index in [9.17, 15) is 4.79 Å². The van der Waals surface area contributed by atoms with Crippen LogP contribution in [0.2, 0.25) is 5.02 Å². The second-order valence-corrected chi connectivity index (χ2v) is 7.24. The summed E-state index contributed by atoms with van der Waals surface area (Å²) in [5.41, 5.74) is 1.06. The van der Waals surface area contributed by atoms with Gasteiger partial charge < -0.3 is 24.4 Å². The molecule has 9 heteroatoms. The highest BCUT2D eigenvalue weighted by Crippen LogP contribution is 2.38. The van der Waals surface area contributed by atoms with Crippen LogP contribution in [0.5, 0.6) is 11.5 Å². The molecule has 2 unspecified atom stereocenters. The minimum atomic E-state index is -0.161. The van der Waals surface area contributed by atoms with Gasteiger partial charge in [0, 0.05) is 26.7 Å². The van der Waals surface area contributed by atoms with Crippen molar-refractivity contribution < 1.29 is 19.0 Å². The predicted molar refractivity (Wildman–Crippen MR) is 119 cm³/mol. The largest absolute Gasteiger partial charge is 0.486 e. The molecule has 28 heavy (non-hydrogen) atoms. The lowest BCUT2D eigenvalue weighted by Crippen LogP contribution is -2.41. The van der Waals surface area contributed by atoms with E-state index >= 15 is 0 Å². The van der Waals surface area contributed by atoms with Gasteiger partial charge in [0.2, 0.25) is 0 Å². The molecule has 0 saturated carbocycles. The number of ether oxygens (including phenoxy) is 3. The smallest absolute Gasteiger partial charge is 0.310 e. The molecule has 0 aliphatic carbocycles. The number of nitrogens with one attached hydrogen (secondary N) is 1. The molecule has 0 bridgehead atoms. The van der Waals surface area contributed by atoms with Crippen molar-refractivity contribution in [1.82, 2.24) is 10.2 Å². The van der Waals surface area contributed by atoms with Crippen molar-refractivity contribution in [3.63, 3.8) is 0 Å². The summed E-state index contributed by atoms with van der Waals surface area (Å²) in [5, 5.41) is 3.94. The minimum Gasteiger partial charge on any atom is -0.486 e. The maximum Gasteiger partial charge on any atom is 0.310 e. The van der Waals surface area contributed by atoms with Crippen LogP contribution < -0.4 is 14.8 Å². The van der Waals surface area contributed by atoms with E-state index < -0.39 is 0 Å². The average Bonchev–Trinajstić information content (AvgIpc) is 3.06. The van der Waals surface area contributed by atoms with Crippen molar-refractivity contribution in [2.24, 2.45) is 16.8 Å². The van der Waals surface area contributed by atoms with Gasteiger partial charge >= 0.3 is 5.97 Å². The fraction of sp³-hybridized carbons (Fsp3) is 0.579. The number of hydrogen-bond acceptors (Lipinski definition) is 5. The number of fused-ring (bicyclic) bond motifs is 1. The summed E-state index contributed by atoms with van der Waals surface area (Å²) in [4.78, 5) is 18.3. The second-order valence-electron chi connectivity index (χ2n) is 6.84. The van der Waals surface area contributed by atoms with Crippen LogP contribution in [0.4, 0.5) is 0 Å². The molecule has 1 aromatic rings. The molecule has 2 aliphatic heterocycles. The molecule has 3 rings (SSSR count). The topological polar surface area (TPSA) is 72.4 Å². The molecular weight excluding hydrogens is 497 g/mol. The SMILES string of the molecule is CN=C(NCCc1cc(Cl)c2c(c1)OCCO2)N1CC(C)C(C(=O)OC)C1.I. The Balaban J connectivity index is 0.00000280. The first kappa shape index (κ1) is 22.9. The number of methoxy groups -OCH3 is 1. The van der Waals surface area contributed by atoms with Crippen molar-refractivity contribution in [2.75, 3.05) is 47.0 Å². The summed E-state index contributed by atoms with van der Waals surface area (Å²) in [6, 6.07) is 3.88. The van der Waals surface area contributed by atoms with E-state index in [0.29, 0.717) is 42.8 Å². The number of esters is 1. The number of rotatable bonds is 4. The number of likely N-dealkylation sites (tertiary alicyclic amines) is 1. The van der Waals surface area contributed by atoms with Crippen molar-refractivity contribution >= 4 is 47.5 Å². The normalized spacial score (nSPS) is 21.1. The third kappa shape index (κ3) is 5.14. The maximum absolute atomic E-state index is 11.9. The number of halogens is 2. The Morgan fingerprint density at radius 3 is 2.82 bits per heavy atom. The maximum atomic E-state index is 11.9. The van der Waals surface area contributed by atoms with E-state index in [2.05, 4.69) is 22.1 Å². The van der Waals surface area contributed by atoms with E-state index in [1.807, 2.05) is 12.1 Å². The van der Waals surface area contributed by atoms with Crippen LogP contribution in [0.15, 0.2) is 17.1 Å². The van der Waals surface area contributed by atoms with Gasteiger partial charge in [0.15, 0.2) is 17.5 Å². The van der Waals surface area contributed by atoms with Crippen LogP contribution in [0.25, 0.3) is 0 Å². The zero-order chi connectivity index (χ0) is 19.4. The molecule has 1 saturated heterocycles. The van der Waals surface area contributed by atoms with Gasteiger partial charge in [-0.15, -0.1) is 24.0 Å². The number of carbonyl (C=O) groups is 1. The van der Waals surface area contributed by atoms with Crippen molar-refractivity contribution in [1.29, 1.82) is 0 Å². The molecule has 1 fully saturated rings. The Morgan fingerprint density at radius 2 is 2.11 bits per heavy atom. The van der Waals surface area contributed by atoms with Gasteiger partial charge in [-0.05, 0) is 30.0 Å². The summed E-state index contributed by atoms with van der Waals surface area (Å²) in [7, 11) is 3.18. The van der Waals surface area contributed by atoms with Gasteiger partial charge in [-0.3, -0.25) is 9.79 Å². The summed E-state index contributed by atoms with van der Waals surface area (Å²) in [6.07, 6.45) is 0.763. The zero-order valence-corrected chi connectivity index (χ0v) is 19.5. The summed E-state index contributed by atoms with van der Waals surface area (Å²) >= 11 is 6.29. The molecule has 1 N–H and O–H groups in total. The van der Waals surface area contributed by atoms with Crippen LogP contribution in [-0.2, 0) is 16.0 Å². The molecule has 2 heterocycles. The number of aliphatic imine (C=N–C) groups is 1. The lowest BCUT2D eigenvalue weighted by atomic mass is 9.99. The van der Waals surface area contributed by atoms with Gasteiger partial charge in [-0.2, -0.15) is 0 Å². The molecule has 2 aliphatic rings.